The molecule has 0 unspecified atom stereocenters. The van der Waals surface area contributed by atoms with Crippen molar-refractivity contribution in [3.8, 4) is 0 Å². The molecule has 0 radical (unpaired) electrons. The van der Waals surface area contributed by atoms with Gasteiger partial charge in [-0.15, -0.1) is 0 Å². The van der Waals surface area contributed by atoms with E-state index in [-0.39, 0.29) is 11.9 Å². The maximum atomic E-state index is 12.0. The van der Waals surface area contributed by atoms with Crippen molar-refractivity contribution in [3.05, 3.63) is 65.2 Å². The van der Waals surface area contributed by atoms with Gasteiger partial charge in [0.15, 0.2) is 0 Å². The van der Waals surface area contributed by atoms with Crippen LogP contribution in [0.15, 0.2) is 48.5 Å². The van der Waals surface area contributed by atoms with Gasteiger partial charge in [-0.3, -0.25) is 4.79 Å². The highest BCUT2D eigenvalue weighted by Gasteiger charge is 2.37. The van der Waals surface area contributed by atoms with Crippen LogP contribution in [-0.4, -0.2) is 18.5 Å². The molecule has 2 aliphatic rings. The molecule has 25 heavy (non-hydrogen) atoms. The average Bonchev–Trinajstić information content (AvgIpc) is 3.31. The Bertz CT molecular complexity index is 804. The number of hydrogen-bond acceptors (Lipinski definition) is 2. The molecular weight excluding hydrogens is 314 g/mol. The SMILES string of the molecule is O=C1Cc2cc(CNC(=O)NC[C@H]3C[C@@H]3c3ccccc3)ccc2N1. The lowest BCUT2D eigenvalue weighted by Crippen LogP contribution is -2.36. The fourth-order valence-electron chi connectivity index (χ4n) is 3.44. The summed E-state index contributed by atoms with van der Waals surface area (Å²) >= 11 is 0. The molecule has 128 valence electrons. The van der Waals surface area contributed by atoms with E-state index in [2.05, 4.69) is 40.2 Å². The Labute approximate surface area is 146 Å². The first-order valence-corrected chi connectivity index (χ1v) is 8.67. The number of carbonyl (C=O) groups is 2. The Morgan fingerprint density at radius 2 is 1.96 bits per heavy atom. The molecule has 1 aliphatic heterocycles. The molecule has 0 bridgehead atoms. The molecule has 5 nitrogen and oxygen atoms in total. The summed E-state index contributed by atoms with van der Waals surface area (Å²) in [4.78, 5) is 23.4. The van der Waals surface area contributed by atoms with E-state index in [0.29, 0.717) is 31.3 Å². The van der Waals surface area contributed by atoms with Crippen molar-refractivity contribution < 1.29 is 9.59 Å². The Morgan fingerprint density at radius 1 is 1.12 bits per heavy atom. The maximum Gasteiger partial charge on any atom is 0.315 e. The predicted octanol–water partition coefficient (Wildman–Crippen LogP) is 2.78. The molecule has 4 rings (SSSR count). The van der Waals surface area contributed by atoms with Gasteiger partial charge in [0.1, 0.15) is 0 Å². The lowest BCUT2D eigenvalue weighted by molar-refractivity contribution is -0.115. The largest absolute Gasteiger partial charge is 0.338 e. The summed E-state index contributed by atoms with van der Waals surface area (Å²) < 4.78 is 0. The van der Waals surface area contributed by atoms with E-state index < -0.39 is 0 Å². The molecule has 1 fully saturated rings. The quantitative estimate of drug-likeness (QED) is 0.786. The summed E-state index contributed by atoms with van der Waals surface area (Å²) in [6, 6.07) is 16.1. The van der Waals surface area contributed by atoms with Gasteiger partial charge in [-0.25, -0.2) is 4.79 Å². The van der Waals surface area contributed by atoms with Crippen LogP contribution in [0.3, 0.4) is 0 Å². The smallest absolute Gasteiger partial charge is 0.315 e. The second kappa shape index (κ2) is 6.59. The Morgan fingerprint density at radius 3 is 2.80 bits per heavy atom. The van der Waals surface area contributed by atoms with Crippen LogP contribution < -0.4 is 16.0 Å². The first-order chi connectivity index (χ1) is 12.2. The van der Waals surface area contributed by atoms with Gasteiger partial charge >= 0.3 is 6.03 Å². The van der Waals surface area contributed by atoms with Gasteiger partial charge in [-0.1, -0.05) is 42.5 Å². The van der Waals surface area contributed by atoms with Gasteiger partial charge in [0.05, 0.1) is 6.42 Å². The standard InChI is InChI=1S/C20H21N3O2/c24-19-10-15-8-13(6-7-18(15)23-19)11-21-20(25)22-12-16-9-17(16)14-4-2-1-3-5-14/h1-8,16-17H,9-12H2,(H,23,24)(H2,21,22,25)/t16-,17-/m1/s1. The van der Waals surface area contributed by atoms with E-state index in [9.17, 15) is 9.59 Å². The summed E-state index contributed by atoms with van der Waals surface area (Å²) in [6.07, 6.45) is 1.55. The monoisotopic (exact) mass is 335 g/mol. The highest BCUT2D eigenvalue weighted by atomic mass is 16.2. The van der Waals surface area contributed by atoms with E-state index in [1.165, 1.54) is 5.56 Å². The van der Waals surface area contributed by atoms with Crippen molar-refractivity contribution in [3.63, 3.8) is 0 Å². The Hall–Kier alpha value is -2.82. The predicted molar refractivity (Wildman–Crippen MR) is 96.3 cm³/mol. The van der Waals surface area contributed by atoms with Gasteiger partial charge in [-0.2, -0.15) is 0 Å². The number of nitrogens with one attached hydrogen (secondary N) is 3. The van der Waals surface area contributed by atoms with Gasteiger partial charge < -0.3 is 16.0 Å². The summed E-state index contributed by atoms with van der Waals surface area (Å²) in [6.45, 7) is 1.16. The maximum absolute atomic E-state index is 12.0. The Balaban J connectivity index is 1.22. The number of carbonyl (C=O) groups excluding carboxylic acids is 2. The van der Waals surface area contributed by atoms with E-state index in [4.69, 9.17) is 0 Å². The number of fused-ring (bicyclic) bond motifs is 1. The third-order valence-corrected chi connectivity index (χ3v) is 4.92. The van der Waals surface area contributed by atoms with Gasteiger partial charge in [0.25, 0.3) is 0 Å². The lowest BCUT2D eigenvalue weighted by atomic mass is 10.1. The second-order valence-corrected chi connectivity index (χ2v) is 6.79. The molecule has 3 N–H and O–H groups in total. The molecule has 1 saturated carbocycles. The zero-order chi connectivity index (χ0) is 17.2. The van der Waals surface area contributed by atoms with E-state index in [1.807, 2.05) is 24.3 Å². The van der Waals surface area contributed by atoms with Crippen LogP contribution in [0.2, 0.25) is 0 Å². The summed E-state index contributed by atoms with van der Waals surface area (Å²) in [7, 11) is 0. The molecule has 1 aliphatic carbocycles. The highest BCUT2D eigenvalue weighted by molar-refractivity contribution is 5.99. The fraction of sp³-hybridized carbons (Fsp3) is 0.300. The van der Waals surface area contributed by atoms with E-state index in [0.717, 1.165) is 23.2 Å². The third-order valence-electron chi connectivity index (χ3n) is 4.92. The van der Waals surface area contributed by atoms with Gasteiger partial charge in [0.2, 0.25) is 5.91 Å². The highest BCUT2D eigenvalue weighted by Crippen LogP contribution is 2.46. The molecule has 2 aromatic carbocycles. The van der Waals surface area contributed by atoms with Gasteiger partial charge in [0, 0.05) is 18.8 Å². The van der Waals surface area contributed by atoms with Crippen molar-refractivity contribution in [2.75, 3.05) is 11.9 Å². The first-order valence-electron chi connectivity index (χ1n) is 8.67. The molecule has 0 spiro atoms. The number of rotatable bonds is 5. The molecule has 3 amide bonds. The summed E-state index contributed by atoms with van der Waals surface area (Å²) in [5, 5.41) is 8.65. The number of hydrogen-bond donors (Lipinski definition) is 3. The average molecular weight is 335 g/mol. The van der Waals surface area contributed by atoms with Crippen LogP contribution in [0.5, 0.6) is 0 Å². The topological polar surface area (TPSA) is 70.2 Å². The minimum absolute atomic E-state index is 0.0234. The van der Waals surface area contributed by atoms with Crippen molar-refractivity contribution in [1.82, 2.24) is 10.6 Å². The number of benzene rings is 2. The van der Waals surface area contributed by atoms with E-state index >= 15 is 0 Å². The minimum atomic E-state index is -0.145. The molecule has 0 saturated heterocycles. The van der Waals surface area contributed by atoms with Crippen LogP contribution in [0, 0.1) is 5.92 Å². The zero-order valence-electron chi connectivity index (χ0n) is 13.9. The Kier molecular flexibility index (Phi) is 4.14. The van der Waals surface area contributed by atoms with E-state index in [1.54, 1.807) is 0 Å². The van der Waals surface area contributed by atoms with Gasteiger partial charge in [-0.05, 0) is 41.0 Å². The van der Waals surface area contributed by atoms with Crippen LogP contribution in [0.25, 0.3) is 0 Å². The third kappa shape index (κ3) is 3.65. The van der Waals surface area contributed by atoms with Crippen molar-refractivity contribution >= 4 is 17.6 Å². The summed E-state index contributed by atoms with van der Waals surface area (Å²) in [5.74, 6) is 1.13. The molecule has 1 heterocycles. The van der Waals surface area contributed by atoms with Crippen molar-refractivity contribution in [2.45, 2.75) is 25.3 Å². The molecule has 0 aromatic heterocycles. The second-order valence-electron chi connectivity index (χ2n) is 6.79. The number of urea groups is 1. The molecule has 5 heteroatoms. The van der Waals surface area contributed by atoms with Crippen molar-refractivity contribution in [2.24, 2.45) is 5.92 Å². The van der Waals surface area contributed by atoms with Crippen LogP contribution in [-0.2, 0) is 17.8 Å². The number of anilines is 1. The van der Waals surface area contributed by atoms with Crippen LogP contribution in [0.1, 0.15) is 29.0 Å². The number of amides is 3. The molecular formula is C20H21N3O2. The summed E-state index contributed by atoms with van der Waals surface area (Å²) in [5.41, 5.74) is 4.22. The van der Waals surface area contributed by atoms with Crippen molar-refractivity contribution in [1.29, 1.82) is 0 Å². The first kappa shape index (κ1) is 15.7. The zero-order valence-corrected chi connectivity index (χ0v) is 13.9. The van der Waals surface area contributed by atoms with Crippen LogP contribution in [0.4, 0.5) is 10.5 Å². The molecule has 2 aromatic rings. The van der Waals surface area contributed by atoms with Crippen LogP contribution >= 0.6 is 0 Å². The fourth-order valence-corrected chi connectivity index (χ4v) is 3.44. The molecule has 2 atom stereocenters. The normalized spacial score (nSPS) is 20.6. The minimum Gasteiger partial charge on any atom is -0.338 e. The lowest BCUT2D eigenvalue weighted by Gasteiger charge is -2.09.